The van der Waals surface area contributed by atoms with E-state index in [-0.39, 0.29) is 24.3 Å². The van der Waals surface area contributed by atoms with Crippen molar-refractivity contribution in [2.45, 2.75) is 6.92 Å². The summed E-state index contributed by atoms with van der Waals surface area (Å²) in [6.07, 6.45) is 1.67. The van der Waals surface area contributed by atoms with E-state index in [1.807, 2.05) is 31.2 Å². The minimum absolute atomic E-state index is 0.196. The summed E-state index contributed by atoms with van der Waals surface area (Å²) in [5, 5.41) is -0.301. The van der Waals surface area contributed by atoms with Crippen LogP contribution in [0.3, 0.4) is 0 Å². The molecule has 3 rings (SSSR count). The van der Waals surface area contributed by atoms with Crippen molar-refractivity contribution in [2.75, 3.05) is 27.4 Å². The van der Waals surface area contributed by atoms with Gasteiger partial charge in [-0.1, -0.05) is 18.2 Å². The molecule has 1 saturated heterocycles. The number of nitrogens with zero attached hydrogens (tertiary/aromatic N) is 1. The number of benzene rings is 2. The van der Waals surface area contributed by atoms with Crippen molar-refractivity contribution >= 4 is 29.0 Å². The van der Waals surface area contributed by atoms with E-state index >= 15 is 0 Å². The van der Waals surface area contributed by atoms with Gasteiger partial charge in [-0.3, -0.25) is 14.5 Å². The van der Waals surface area contributed by atoms with Crippen LogP contribution in [-0.2, 0) is 4.79 Å². The van der Waals surface area contributed by atoms with Crippen LogP contribution in [0.15, 0.2) is 47.4 Å². The van der Waals surface area contributed by atoms with Gasteiger partial charge < -0.3 is 14.2 Å². The van der Waals surface area contributed by atoms with Crippen molar-refractivity contribution in [3.05, 3.63) is 58.5 Å². The van der Waals surface area contributed by atoms with Gasteiger partial charge in [-0.05, 0) is 60.2 Å². The maximum Gasteiger partial charge on any atom is 0.293 e. The highest BCUT2D eigenvalue weighted by Gasteiger charge is 2.34. The minimum atomic E-state index is -0.322. The van der Waals surface area contributed by atoms with E-state index < -0.39 is 0 Å². The molecule has 1 heterocycles. The van der Waals surface area contributed by atoms with Gasteiger partial charge in [0, 0.05) is 0 Å². The average Bonchev–Trinajstić information content (AvgIpc) is 2.95. The highest BCUT2D eigenvalue weighted by Crippen LogP contribution is 2.34. The Kier molecular flexibility index (Phi) is 6.26. The van der Waals surface area contributed by atoms with Crippen LogP contribution in [0.4, 0.5) is 4.79 Å². The van der Waals surface area contributed by atoms with E-state index in [4.69, 9.17) is 14.2 Å². The normalized spacial score (nSPS) is 15.2. The number of methoxy groups -OCH3 is 2. The Morgan fingerprint density at radius 1 is 1.04 bits per heavy atom. The summed E-state index contributed by atoms with van der Waals surface area (Å²) in [5.41, 5.74) is 1.83. The first kappa shape index (κ1) is 19.8. The minimum Gasteiger partial charge on any atom is -0.493 e. The van der Waals surface area contributed by atoms with Crippen LogP contribution in [0.25, 0.3) is 6.08 Å². The number of hydrogen-bond acceptors (Lipinski definition) is 6. The van der Waals surface area contributed by atoms with Gasteiger partial charge in [0.1, 0.15) is 12.4 Å². The molecule has 0 N–H and O–H groups in total. The number of carbonyl (C=O) groups is 2. The summed E-state index contributed by atoms with van der Waals surface area (Å²) in [5.74, 6) is 1.55. The highest BCUT2D eigenvalue weighted by atomic mass is 32.2. The first-order chi connectivity index (χ1) is 13.5. The van der Waals surface area contributed by atoms with E-state index in [2.05, 4.69) is 0 Å². The molecule has 2 aromatic carbocycles. The fourth-order valence-electron chi connectivity index (χ4n) is 2.75. The lowest BCUT2D eigenvalue weighted by atomic mass is 10.2. The fraction of sp³-hybridized carbons (Fsp3) is 0.238. The highest BCUT2D eigenvalue weighted by molar-refractivity contribution is 8.18. The van der Waals surface area contributed by atoms with Crippen LogP contribution < -0.4 is 14.2 Å². The summed E-state index contributed by atoms with van der Waals surface area (Å²) in [6.45, 7) is 2.41. The van der Waals surface area contributed by atoms with Crippen LogP contribution in [0.2, 0.25) is 0 Å². The molecule has 2 amide bonds. The van der Waals surface area contributed by atoms with E-state index in [9.17, 15) is 9.59 Å². The van der Waals surface area contributed by atoms with Gasteiger partial charge in [0.2, 0.25) is 0 Å². The maximum atomic E-state index is 12.6. The molecular formula is C21H21NO5S. The number of hydrogen-bond donors (Lipinski definition) is 0. The Labute approximate surface area is 168 Å². The second kappa shape index (κ2) is 8.84. The van der Waals surface area contributed by atoms with E-state index in [0.29, 0.717) is 22.2 Å². The monoisotopic (exact) mass is 399 g/mol. The zero-order chi connectivity index (χ0) is 20.1. The van der Waals surface area contributed by atoms with Gasteiger partial charge in [-0.2, -0.15) is 0 Å². The molecule has 0 bridgehead atoms. The summed E-state index contributed by atoms with van der Waals surface area (Å²) in [4.78, 5) is 26.4. The van der Waals surface area contributed by atoms with Crippen LogP contribution >= 0.6 is 11.8 Å². The largest absolute Gasteiger partial charge is 0.493 e. The molecule has 2 aromatic rings. The zero-order valence-electron chi connectivity index (χ0n) is 15.9. The van der Waals surface area contributed by atoms with E-state index in [1.165, 1.54) is 4.90 Å². The molecule has 0 saturated carbocycles. The molecule has 0 aromatic heterocycles. The molecular weight excluding hydrogens is 378 g/mol. The molecule has 28 heavy (non-hydrogen) atoms. The van der Waals surface area contributed by atoms with Crippen molar-refractivity contribution in [3.63, 3.8) is 0 Å². The molecule has 1 aliphatic heterocycles. The predicted octanol–water partition coefficient (Wildman–Crippen LogP) is 4.13. The van der Waals surface area contributed by atoms with Gasteiger partial charge in [0.05, 0.1) is 25.7 Å². The Bertz CT molecular complexity index is 925. The molecule has 0 aliphatic carbocycles. The predicted molar refractivity (Wildman–Crippen MR) is 109 cm³/mol. The van der Waals surface area contributed by atoms with Gasteiger partial charge >= 0.3 is 0 Å². The molecule has 7 heteroatoms. The van der Waals surface area contributed by atoms with E-state index in [0.717, 1.165) is 22.9 Å². The second-order valence-electron chi connectivity index (χ2n) is 6.11. The quantitative estimate of drug-likeness (QED) is 0.653. The Balaban J connectivity index is 1.66. The van der Waals surface area contributed by atoms with Gasteiger partial charge in [0.15, 0.2) is 11.5 Å². The van der Waals surface area contributed by atoms with Gasteiger partial charge in [-0.25, -0.2) is 0 Å². The van der Waals surface area contributed by atoms with Crippen LogP contribution in [-0.4, -0.2) is 43.4 Å². The lowest BCUT2D eigenvalue weighted by molar-refractivity contribution is -0.123. The first-order valence-electron chi connectivity index (χ1n) is 8.68. The molecule has 6 nitrogen and oxygen atoms in total. The second-order valence-corrected chi connectivity index (χ2v) is 7.11. The lowest BCUT2D eigenvalue weighted by Gasteiger charge is -2.13. The molecule has 0 unspecified atom stereocenters. The molecule has 0 radical (unpaired) electrons. The van der Waals surface area contributed by atoms with Gasteiger partial charge in [-0.15, -0.1) is 0 Å². The molecule has 0 spiro atoms. The standard InChI is InChI=1S/C21H21NO5S/c1-14-5-4-6-16(11-14)27-10-9-22-20(23)19(28-21(22)24)13-15-7-8-17(25-2)18(12-15)26-3/h4-8,11-13H,9-10H2,1-3H3/b19-13-. The Hall–Kier alpha value is -2.93. The number of aryl methyl sites for hydroxylation is 1. The SMILES string of the molecule is COc1ccc(/C=C2\SC(=O)N(CCOc3cccc(C)c3)C2=O)cc1OC. The number of imide groups is 1. The van der Waals surface area contributed by atoms with Crippen LogP contribution in [0, 0.1) is 6.92 Å². The van der Waals surface area contributed by atoms with Crippen molar-refractivity contribution in [3.8, 4) is 17.2 Å². The third-order valence-electron chi connectivity index (χ3n) is 4.15. The number of rotatable bonds is 7. The van der Waals surface area contributed by atoms with Crippen molar-refractivity contribution in [2.24, 2.45) is 0 Å². The third kappa shape index (κ3) is 4.48. The summed E-state index contributed by atoms with van der Waals surface area (Å²) < 4.78 is 16.1. The topological polar surface area (TPSA) is 65.1 Å². The zero-order valence-corrected chi connectivity index (χ0v) is 16.7. The smallest absolute Gasteiger partial charge is 0.293 e. The fourth-order valence-corrected chi connectivity index (χ4v) is 3.61. The summed E-state index contributed by atoms with van der Waals surface area (Å²) in [7, 11) is 3.10. The Morgan fingerprint density at radius 3 is 2.54 bits per heavy atom. The number of carbonyl (C=O) groups excluding carboxylic acids is 2. The summed E-state index contributed by atoms with van der Waals surface area (Å²) >= 11 is 0.920. The molecule has 0 atom stereocenters. The van der Waals surface area contributed by atoms with Crippen molar-refractivity contribution < 1.29 is 23.8 Å². The maximum absolute atomic E-state index is 12.6. The molecule has 1 fully saturated rings. The van der Waals surface area contributed by atoms with Gasteiger partial charge in [0.25, 0.3) is 11.1 Å². The first-order valence-corrected chi connectivity index (χ1v) is 9.50. The molecule has 1 aliphatic rings. The van der Waals surface area contributed by atoms with Crippen LogP contribution in [0.5, 0.6) is 17.2 Å². The molecule has 146 valence electrons. The lowest BCUT2D eigenvalue weighted by Crippen LogP contribution is -2.32. The number of thioether (sulfide) groups is 1. The average molecular weight is 399 g/mol. The Morgan fingerprint density at radius 2 is 1.82 bits per heavy atom. The van der Waals surface area contributed by atoms with Crippen molar-refractivity contribution in [1.82, 2.24) is 4.90 Å². The summed E-state index contributed by atoms with van der Waals surface area (Å²) in [6, 6.07) is 12.9. The van der Waals surface area contributed by atoms with Crippen LogP contribution in [0.1, 0.15) is 11.1 Å². The number of amides is 2. The third-order valence-corrected chi connectivity index (χ3v) is 5.06. The van der Waals surface area contributed by atoms with E-state index in [1.54, 1.807) is 38.5 Å². The van der Waals surface area contributed by atoms with Crippen molar-refractivity contribution in [1.29, 1.82) is 0 Å². The number of ether oxygens (including phenoxy) is 3.